The number of aryl methyl sites for hydroxylation is 1. The molecule has 3 nitrogen and oxygen atoms in total. The van der Waals surface area contributed by atoms with E-state index in [1.54, 1.807) is 0 Å². The van der Waals surface area contributed by atoms with E-state index < -0.39 is 0 Å². The van der Waals surface area contributed by atoms with Crippen LogP contribution in [0.25, 0.3) is 0 Å². The summed E-state index contributed by atoms with van der Waals surface area (Å²) in [5.74, 6) is 2.67. The van der Waals surface area contributed by atoms with Gasteiger partial charge in [-0.3, -0.25) is 0 Å². The van der Waals surface area contributed by atoms with Gasteiger partial charge in [-0.25, -0.2) is 9.97 Å². The summed E-state index contributed by atoms with van der Waals surface area (Å²) in [6.45, 7) is 7.24. The molecule has 2 rings (SSSR count). The average Bonchev–Trinajstić information content (AvgIpc) is 2.34. The van der Waals surface area contributed by atoms with Gasteiger partial charge in [0.05, 0.1) is 0 Å². The molecule has 106 valence electrons. The summed E-state index contributed by atoms with van der Waals surface area (Å²) in [5, 5.41) is 3.37. The van der Waals surface area contributed by atoms with Crippen LogP contribution in [0.15, 0.2) is 0 Å². The minimum Gasteiger partial charge on any atom is -0.370 e. The molecule has 1 saturated carbocycles. The van der Waals surface area contributed by atoms with Gasteiger partial charge in [0.1, 0.15) is 11.6 Å². The lowest BCUT2D eigenvalue weighted by molar-refractivity contribution is 0.442. The van der Waals surface area contributed by atoms with Crippen molar-refractivity contribution in [3.63, 3.8) is 0 Å². The van der Waals surface area contributed by atoms with Gasteiger partial charge in [-0.15, -0.1) is 0 Å². The highest BCUT2D eigenvalue weighted by atomic mass is 15.0. The van der Waals surface area contributed by atoms with Gasteiger partial charge < -0.3 is 5.32 Å². The van der Waals surface area contributed by atoms with Crippen molar-refractivity contribution in [2.75, 3.05) is 11.9 Å². The Morgan fingerprint density at radius 2 is 1.63 bits per heavy atom. The number of nitrogens with zero attached hydrogens (tertiary/aromatic N) is 2. The van der Waals surface area contributed by atoms with Gasteiger partial charge in [0, 0.05) is 23.7 Å². The minimum atomic E-state index is 0.567. The topological polar surface area (TPSA) is 37.8 Å². The first-order valence-corrected chi connectivity index (χ1v) is 7.81. The molecule has 1 aromatic rings. The van der Waals surface area contributed by atoms with Gasteiger partial charge in [0.15, 0.2) is 0 Å². The van der Waals surface area contributed by atoms with Crippen LogP contribution >= 0.6 is 0 Å². The molecule has 1 heterocycles. The first kappa shape index (κ1) is 14.3. The zero-order chi connectivity index (χ0) is 13.7. The standard InChI is InChI=1S/C16H27N3/c1-4-17-15-12(2)13(3)18-16(19-15)14-10-8-6-5-7-9-11-14/h14H,4-11H2,1-3H3,(H,17,18,19). The Bertz CT molecular complexity index is 407. The lowest BCUT2D eigenvalue weighted by Gasteiger charge is -2.20. The highest BCUT2D eigenvalue weighted by Gasteiger charge is 2.18. The fraction of sp³-hybridized carbons (Fsp3) is 0.750. The number of nitrogens with one attached hydrogen (secondary N) is 1. The largest absolute Gasteiger partial charge is 0.370 e. The van der Waals surface area contributed by atoms with Gasteiger partial charge >= 0.3 is 0 Å². The summed E-state index contributed by atoms with van der Waals surface area (Å²) in [7, 11) is 0. The van der Waals surface area contributed by atoms with E-state index in [2.05, 4.69) is 26.1 Å². The molecule has 0 spiro atoms. The van der Waals surface area contributed by atoms with E-state index >= 15 is 0 Å². The Morgan fingerprint density at radius 3 is 2.26 bits per heavy atom. The number of hydrogen-bond donors (Lipinski definition) is 1. The fourth-order valence-corrected chi connectivity index (χ4v) is 2.89. The zero-order valence-electron chi connectivity index (χ0n) is 12.6. The van der Waals surface area contributed by atoms with Crippen molar-refractivity contribution < 1.29 is 0 Å². The van der Waals surface area contributed by atoms with E-state index in [0.29, 0.717) is 5.92 Å². The Balaban J connectivity index is 2.22. The monoisotopic (exact) mass is 261 g/mol. The number of anilines is 1. The molecule has 1 fully saturated rings. The molecule has 0 amide bonds. The van der Waals surface area contributed by atoms with Gasteiger partial charge in [0.2, 0.25) is 0 Å². The third-order valence-corrected chi connectivity index (χ3v) is 4.22. The van der Waals surface area contributed by atoms with Crippen LogP contribution in [0.3, 0.4) is 0 Å². The van der Waals surface area contributed by atoms with Crippen molar-refractivity contribution in [3.05, 3.63) is 17.1 Å². The van der Waals surface area contributed by atoms with E-state index in [-0.39, 0.29) is 0 Å². The third kappa shape index (κ3) is 3.68. The van der Waals surface area contributed by atoms with Gasteiger partial charge in [-0.05, 0) is 33.6 Å². The molecular formula is C16H27N3. The van der Waals surface area contributed by atoms with Crippen LogP contribution in [-0.4, -0.2) is 16.5 Å². The van der Waals surface area contributed by atoms with E-state index in [1.807, 2.05) is 0 Å². The molecule has 0 aliphatic heterocycles. The maximum Gasteiger partial charge on any atom is 0.134 e. The molecule has 0 saturated heterocycles. The first-order chi connectivity index (χ1) is 9.22. The van der Waals surface area contributed by atoms with Crippen molar-refractivity contribution in [2.45, 2.75) is 71.6 Å². The lowest BCUT2D eigenvalue weighted by atomic mass is 9.90. The van der Waals surface area contributed by atoms with Crippen LogP contribution in [0.1, 0.15) is 74.9 Å². The summed E-state index contributed by atoms with van der Waals surface area (Å²) < 4.78 is 0. The second-order valence-electron chi connectivity index (χ2n) is 5.71. The molecule has 0 atom stereocenters. The third-order valence-electron chi connectivity index (χ3n) is 4.22. The van der Waals surface area contributed by atoms with Crippen LogP contribution in [0, 0.1) is 13.8 Å². The molecule has 1 N–H and O–H groups in total. The molecule has 0 radical (unpaired) electrons. The molecule has 0 unspecified atom stereocenters. The van der Waals surface area contributed by atoms with Crippen molar-refractivity contribution in [1.82, 2.24) is 9.97 Å². The summed E-state index contributed by atoms with van der Waals surface area (Å²) in [6.07, 6.45) is 9.34. The molecule has 19 heavy (non-hydrogen) atoms. The smallest absolute Gasteiger partial charge is 0.134 e. The van der Waals surface area contributed by atoms with Crippen LogP contribution < -0.4 is 5.32 Å². The van der Waals surface area contributed by atoms with Crippen LogP contribution in [-0.2, 0) is 0 Å². The van der Waals surface area contributed by atoms with Crippen molar-refractivity contribution in [3.8, 4) is 0 Å². The summed E-state index contributed by atoms with van der Waals surface area (Å²) in [5.41, 5.74) is 2.32. The molecule has 1 aliphatic carbocycles. The molecule has 1 aromatic heterocycles. The minimum absolute atomic E-state index is 0.567. The second kappa shape index (κ2) is 6.88. The van der Waals surface area contributed by atoms with Crippen molar-refractivity contribution in [1.29, 1.82) is 0 Å². The lowest BCUT2D eigenvalue weighted by Crippen LogP contribution is -2.12. The van der Waals surface area contributed by atoms with Crippen molar-refractivity contribution >= 4 is 5.82 Å². The second-order valence-corrected chi connectivity index (χ2v) is 5.71. The molecule has 0 aromatic carbocycles. The summed E-state index contributed by atoms with van der Waals surface area (Å²) in [4.78, 5) is 9.56. The van der Waals surface area contributed by atoms with E-state index in [1.165, 1.54) is 50.5 Å². The normalized spacial score (nSPS) is 17.8. The SMILES string of the molecule is CCNc1nc(C2CCCCCCC2)nc(C)c1C. The van der Waals surface area contributed by atoms with Crippen LogP contribution in [0.5, 0.6) is 0 Å². The summed E-state index contributed by atoms with van der Waals surface area (Å²) >= 11 is 0. The first-order valence-electron chi connectivity index (χ1n) is 7.81. The Morgan fingerprint density at radius 1 is 1.00 bits per heavy atom. The summed E-state index contributed by atoms with van der Waals surface area (Å²) in [6, 6.07) is 0. The predicted molar refractivity (Wildman–Crippen MR) is 80.7 cm³/mol. The highest BCUT2D eigenvalue weighted by molar-refractivity contribution is 5.45. The predicted octanol–water partition coefficient (Wildman–Crippen LogP) is 4.35. The maximum atomic E-state index is 4.80. The number of rotatable bonds is 3. The Labute approximate surface area is 117 Å². The van der Waals surface area contributed by atoms with E-state index in [9.17, 15) is 0 Å². The van der Waals surface area contributed by atoms with E-state index in [0.717, 1.165) is 23.9 Å². The number of aromatic nitrogens is 2. The fourth-order valence-electron chi connectivity index (χ4n) is 2.89. The molecule has 1 aliphatic rings. The quantitative estimate of drug-likeness (QED) is 0.878. The van der Waals surface area contributed by atoms with Crippen LogP contribution in [0.4, 0.5) is 5.82 Å². The van der Waals surface area contributed by atoms with Crippen molar-refractivity contribution in [2.24, 2.45) is 0 Å². The maximum absolute atomic E-state index is 4.80. The Kier molecular flexibility index (Phi) is 5.17. The van der Waals surface area contributed by atoms with Crippen LogP contribution in [0.2, 0.25) is 0 Å². The molecule has 3 heteroatoms. The van der Waals surface area contributed by atoms with Gasteiger partial charge in [-0.2, -0.15) is 0 Å². The van der Waals surface area contributed by atoms with Gasteiger partial charge in [-0.1, -0.05) is 32.1 Å². The molecular weight excluding hydrogens is 234 g/mol. The molecule has 0 bridgehead atoms. The highest BCUT2D eigenvalue weighted by Crippen LogP contribution is 2.30. The van der Waals surface area contributed by atoms with Gasteiger partial charge in [0.25, 0.3) is 0 Å². The average molecular weight is 261 g/mol. The van der Waals surface area contributed by atoms with E-state index in [4.69, 9.17) is 9.97 Å². The Hall–Kier alpha value is -1.12. The zero-order valence-corrected chi connectivity index (χ0v) is 12.6. The number of hydrogen-bond acceptors (Lipinski definition) is 3.